The summed E-state index contributed by atoms with van der Waals surface area (Å²) in [5.41, 5.74) is 7.01. The number of carbonyl (C=O) groups excluding carboxylic acids is 3. The van der Waals surface area contributed by atoms with Crippen molar-refractivity contribution >= 4 is 47.2 Å². The molecular weight excluding hydrogens is 500 g/mol. The minimum absolute atomic E-state index is 0.249. The second kappa shape index (κ2) is 17.3. The number of nitrogens with one attached hydrogen (secondary N) is 3. The fourth-order valence-corrected chi connectivity index (χ4v) is 4.40. The van der Waals surface area contributed by atoms with Crippen molar-refractivity contribution in [3.63, 3.8) is 0 Å². The third kappa shape index (κ3) is 11.2. The smallest absolute Gasteiger partial charge is 0.326 e. The number of amides is 3. The summed E-state index contributed by atoms with van der Waals surface area (Å²) in [5.74, 6) is -1.69. The van der Waals surface area contributed by atoms with E-state index in [1.165, 1.54) is 23.5 Å². The Morgan fingerprint density at radius 3 is 1.97 bits per heavy atom. The zero-order valence-corrected chi connectivity index (χ0v) is 23.1. The summed E-state index contributed by atoms with van der Waals surface area (Å²) >= 11 is 3.02. The molecule has 6 N–H and O–H groups in total. The average Bonchev–Trinajstić information content (AvgIpc) is 2.86. The van der Waals surface area contributed by atoms with E-state index in [0.717, 1.165) is 5.56 Å². The van der Waals surface area contributed by atoms with Crippen LogP contribution in [0.2, 0.25) is 0 Å². The molecule has 5 atom stereocenters. The number of benzene rings is 1. The first-order valence-corrected chi connectivity index (χ1v) is 14.8. The lowest BCUT2D eigenvalue weighted by Crippen LogP contribution is -2.59. The van der Waals surface area contributed by atoms with Crippen molar-refractivity contribution in [3.05, 3.63) is 35.9 Å². The van der Waals surface area contributed by atoms with Crippen LogP contribution in [0.1, 0.15) is 38.7 Å². The molecule has 0 saturated carbocycles. The lowest BCUT2D eigenvalue weighted by molar-refractivity contribution is -0.142. The number of carboxylic acid groups (broad SMARTS) is 1. The molecule has 1 aromatic rings. The number of hydrogen-bond acceptors (Lipinski definition) is 7. The summed E-state index contributed by atoms with van der Waals surface area (Å²) in [6.45, 7) is 3.70. The Labute approximate surface area is 222 Å². The molecule has 0 aliphatic heterocycles. The maximum atomic E-state index is 13.2. The van der Waals surface area contributed by atoms with E-state index in [2.05, 4.69) is 16.0 Å². The minimum atomic E-state index is -1.12. The Balaban J connectivity index is 2.94. The van der Waals surface area contributed by atoms with Gasteiger partial charge in [-0.3, -0.25) is 14.4 Å². The predicted octanol–water partition coefficient (Wildman–Crippen LogP) is 1.65. The third-order valence-corrected chi connectivity index (χ3v) is 7.19. The van der Waals surface area contributed by atoms with E-state index in [4.69, 9.17) is 5.73 Å². The topological polar surface area (TPSA) is 151 Å². The van der Waals surface area contributed by atoms with Crippen LogP contribution in [0.5, 0.6) is 0 Å². The lowest BCUT2D eigenvalue weighted by Gasteiger charge is -2.28. The Hall–Kier alpha value is -2.24. The monoisotopic (exact) mass is 540 g/mol. The highest BCUT2D eigenvalue weighted by Gasteiger charge is 2.32. The molecule has 9 nitrogen and oxygen atoms in total. The van der Waals surface area contributed by atoms with Crippen molar-refractivity contribution in [1.82, 2.24) is 16.0 Å². The molecule has 1 aromatic carbocycles. The van der Waals surface area contributed by atoms with E-state index >= 15 is 0 Å². The maximum Gasteiger partial charge on any atom is 0.326 e. The van der Waals surface area contributed by atoms with Crippen molar-refractivity contribution in [1.29, 1.82) is 0 Å². The van der Waals surface area contributed by atoms with Crippen LogP contribution in [-0.4, -0.2) is 77.0 Å². The van der Waals surface area contributed by atoms with Gasteiger partial charge in [0.05, 0.1) is 6.04 Å². The highest BCUT2D eigenvalue weighted by atomic mass is 32.2. The second-order valence-corrected chi connectivity index (χ2v) is 10.7. The van der Waals surface area contributed by atoms with E-state index in [9.17, 15) is 24.3 Å². The molecule has 0 bridgehead atoms. The van der Waals surface area contributed by atoms with Gasteiger partial charge in [-0.15, -0.1) is 0 Å². The molecular formula is C25H40N4O5S2. The normalized spacial score (nSPS) is 15.1. The van der Waals surface area contributed by atoms with Gasteiger partial charge in [0.15, 0.2) is 0 Å². The van der Waals surface area contributed by atoms with Gasteiger partial charge in [0, 0.05) is 0 Å². The fourth-order valence-electron chi connectivity index (χ4n) is 3.45. The van der Waals surface area contributed by atoms with Crippen molar-refractivity contribution in [2.24, 2.45) is 11.7 Å². The molecule has 3 amide bonds. The molecule has 0 fully saturated rings. The van der Waals surface area contributed by atoms with Crippen molar-refractivity contribution in [2.45, 2.75) is 63.7 Å². The standard InChI is InChI=1S/C25H40N4O5S2/c1-5-16(2)21(24(32)28-20(25(33)34)12-14-36-4)29-23(31)19(11-13-35-3)27-22(30)18(26)15-17-9-7-6-8-10-17/h6-10,16,18-21H,5,11-15,26H2,1-4H3,(H,27,30)(H,28,32)(H,29,31)(H,33,34). The van der Waals surface area contributed by atoms with Crippen LogP contribution in [0.4, 0.5) is 0 Å². The van der Waals surface area contributed by atoms with Gasteiger partial charge >= 0.3 is 5.97 Å². The number of carboxylic acids is 1. The number of rotatable bonds is 17. The van der Waals surface area contributed by atoms with Gasteiger partial charge in [0.25, 0.3) is 0 Å². The molecule has 0 aliphatic rings. The van der Waals surface area contributed by atoms with Crippen molar-refractivity contribution < 1.29 is 24.3 Å². The number of nitrogens with two attached hydrogens (primary N) is 1. The molecule has 0 aromatic heterocycles. The molecule has 0 saturated heterocycles. The van der Waals surface area contributed by atoms with Gasteiger partial charge < -0.3 is 26.8 Å². The zero-order valence-electron chi connectivity index (χ0n) is 21.5. The SMILES string of the molecule is CCC(C)C(NC(=O)C(CCSC)NC(=O)C(N)Cc1ccccc1)C(=O)NC(CCSC)C(=O)O. The Morgan fingerprint density at radius 2 is 1.44 bits per heavy atom. The summed E-state index contributed by atoms with van der Waals surface area (Å²) in [6.07, 6.45) is 5.30. The van der Waals surface area contributed by atoms with Crippen LogP contribution in [0.3, 0.4) is 0 Å². The fraction of sp³-hybridized carbons (Fsp3) is 0.600. The van der Waals surface area contributed by atoms with Gasteiger partial charge in [-0.2, -0.15) is 23.5 Å². The summed E-state index contributed by atoms with van der Waals surface area (Å²) in [6, 6.07) is 5.67. The molecule has 11 heteroatoms. The molecule has 0 spiro atoms. The van der Waals surface area contributed by atoms with Gasteiger partial charge in [0.2, 0.25) is 17.7 Å². The van der Waals surface area contributed by atoms with E-state index in [0.29, 0.717) is 30.8 Å². The average molecular weight is 541 g/mol. The van der Waals surface area contributed by atoms with Crippen LogP contribution in [0, 0.1) is 5.92 Å². The quantitative estimate of drug-likeness (QED) is 0.200. The number of aliphatic carboxylic acids is 1. The van der Waals surface area contributed by atoms with Gasteiger partial charge in [0.1, 0.15) is 18.1 Å². The van der Waals surface area contributed by atoms with Crippen molar-refractivity contribution in [2.75, 3.05) is 24.0 Å². The number of thioether (sulfide) groups is 2. The largest absolute Gasteiger partial charge is 0.480 e. The predicted molar refractivity (Wildman–Crippen MR) is 147 cm³/mol. The van der Waals surface area contributed by atoms with Gasteiger partial charge in [-0.25, -0.2) is 4.79 Å². The molecule has 0 aliphatic carbocycles. The lowest BCUT2D eigenvalue weighted by atomic mass is 9.97. The first-order valence-electron chi connectivity index (χ1n) is 12.1. The van der Waals surface area contributed by atoms with Crippen LogP contribution in [-0.2, 0) is 25.6 Å². The Bertz CT molecular complexity index is 843. The van der Waals surface area contributed by atoms with Crippen LogP contribution < -0.4 is 21.7 Å². The van der Waals surface area contributed by atoms with Gasteiger partial charge in [-0.05, 0) is 54.8 Å². The van der Waals surface area contributed by atoms with Gasteiger partial charge in [-0.1, -0.05) is 50.6 Å². The Kier molecular flexibility index (Phi) is 15.2. The van der Waals surface area contributed by atoms with E-state index in [1.54, 1.807) is 0 Å². The Morgan fingerprint density at radius 1 is 0.889 bits per heavy atom. The minimum Gasteiger partial charge on any atom is -0.480 e. The second-order valence-electron chi connectivity index (χ2n) is 8.69. The van der Waals surface area contributed by atoms with Crippen LogP contribution in [0.25, 0.3) is 0 Å². The van der Waals surface area contributed by atoms with E-state index < -0.39 is 47.9 Å². The molecule has 0 radical (unpaired) electrons. The summed E-state index contributed by atoms with van der Waals surface area (Å²) in [5, 5.41) is 17.5. The highest BCUT2D eigenvalue weighted by Crippen LogP contribution is 2.11. The number of hydrogen-bond donors (Lipinski definition) is 5. The first-order chi connectivity index (χ1) is 17.1. The van der Waals surface area contributed by atoms with Crippen LogP contribution >= 0.6 is 23.5 Å². The molecule has 1 rings (SSSR count). The third-order valence-electron chi connectivity index (χ3n) is 5.90. The highest BCUT2D eigenvalue weighted by molar-refractivity contribution is 7.98. The molecule has 0 heterocycles. The van der Waals surface area contributed by atoms with Crippen LogP contribution in [0.15, 0.2) is 30.3 Å². The number of carbonyl (C=O) groups is 4. The zero-order chi connectivity index (χ0) is 27.1. The summed E-state index contributed by atoms with van der Waals surface area (Å²) < 4.78 is 0. The summed E-state index contributed by atoms with van der Waals surface area (Å²) in [4.78, 5) is 50.6. The molecule has 5 unspecified atom stereocenters. The van der Waals surface area contributed by atoms with E-state index in [1.807, 2.05) is 56.7 Å². The maximum absolute atomic E-state index is 13.2. The van der Waals surface area contributed by atoms with E-state index in [-0.39, 0.29) is 12.3 Å². The first kappa shape index (κ1) is 31.8. The molecule has 202 valence electrons. The summed E-state index contributed by atoms with van der Waals surface area (Å²) in [7, 11) is 0. The van der Waals surface area contributed by atoms with Crippen molar-refractivity contribution in [3.8, 4) is 0 Å². The molecule has 36 heavy (non-hydrogen) atoms.